The van der Waals surface area contributed by atoms with Crippen LogP contribution in [-0.4, -0.2) is 23.3 Å². The maximum absolute atomic E-state index is 12.1. The van der Waals surface area contributed by atoms with Crippen molar-refractivity contribution in [1.82, 2.24) is 0 Å². The molecule has 1 aliphatic carbocycles. The van der Waals surface area contributed by atoms with Gasteiger partial charge in [-0.25, -0.2) is 0 Å². The smallest absolute Gasteiger partial charge is 0.187 e. The number of aliphatic hydroxyl groups excluding tert-OH is 1. The number of rotatable bonds is 7. The molecule has 0 aromatic heterocycles. The zero-order chi connectivity index (χ0) is 21.3. The number of carbonyl (C=O) groups is 2. The molecule has 0 aliphatic heterocycles. The fourth-order valence-electron chi connectivity index (χ4n) is 3.06. The van der Waals surface area contributed by atoms with Crippen molar-refractivity contribution in [2.24, 2.45) is 5.41 Å². The predicted molar refractivity (Wildman–Crippen MR) is 117 cm³/mol. The van der Waals surface area contributed by atoms with E-state index in [-0.39, 0.29) is 11.2 Å². The van der Waals surface area contributed by atoms with Crippen LogP contribution in [0.5, 0.6) is 0 Å². The molecule has 3 heteroatoms. The number of hydrogen-bond donors (Lipinski definition) is 1. The van der Waals surface area contributed by atoms with E-state index in [1.807, 2.05) is 62.5 Å². The number of aldehydes is 1. The van der Waals surface area contributed by atoms with E-state index < -0.39 is 6.10 Å². The molecule has 1 atom stereocenters. The van der Waals surface area contributed by atoms with Crippen molar-refractivity contribution in [2.75, 3.05) is 0 Å². The third kappa shape index (κ3) is 7.24. The number of carbonyl (C=O) groups excluding carboxylic acids is 2. The molecule has 28 heavy (non-hydrogen) atoms. The van der Waals surface area contributed by atoms with Gasteiger partial charge in [-0.2, -0.15) is 0 Å². The molecule has 150 valence electrons. The summed E-state index contributed by atoms with van der Waals surface area (Å²) in [5.41, 5.74) is 4.25. The quantitative estimate of drug-likeness (QED) is 0.367. The number of hydrogen-bond acceptors (Lipinski definition) is 3. The normalized spacial score (nSPS) is 22.2. The number of aliphatic hydroxyl groups is 1. The van der Waals surface area contributed by atoms with E-state index in [0.29, 0.717) is 17.6 Å². The minimum Gasteiger partial charge on any atom is -0.385 e. The van der Waals surface area contributed by atoms with Gasteiger partial charge in [-0.1, -0.05) is 79.7 Å². The lowest BCUT2D eigenvalue weighted by Gasteiger charge is -2.34. The largest absolute Gasteiger partial charge is 0.385 e. The molecule has 1 N–H and O–H groups in total. The van der Waals surface area contributed by atoms with Gasteiger partial charge in [0.2, 0.25) is 0 Å². The van der Waals surface area contributed by atoms with E-state index in [2.05, 4.69) is 13.8 Å². The highest BCUT2D eigenvalue weighted by Crippen LogP contribution is 2.39. The van der Waals surface area contributed by atoms with Gasteiger partial charge in [-0.3, -0.25) is 9.59 Å². The molecule has 3 nitrogen and oxygen atoms in total. The maximum atomic E-state index is 12.1. The first-order valence-corrected chi connectivity index (χ1v) is 9.52. The Hall–Kier alpha value is -2.52. The highest BCUT2D eigenvalue weighted by molar-refractivity contribution is 6.00. The highest BCUT2D eigenvalue weighted by atomic mass is 16.3. The molecule has 0 aromatic carbocycles. The Labute approximate surface area is 169 Å². The lowest BCUT2D eigenvalue weighted by molar-refractivity contribution is -0.125. The van der Waals surface area contributed by atoms with Gasteiger partial charge in [0.15, 0.2) is 5.78 Å². The Morgan fingerprint density at radius 2 is 1.50 bits per heavy atom. The molecule has 0 aromatic rings. The molecule has 0 heterocycles. The van der Waals surface area contributed by atoms with Crippen molar-refractivity contribution in [3.05, 3.63) is 82.5 Å². The summed E-state index contributed by atoms with van der Waals surface area (Å²) in [7, 11) is 0. The minimum atomic E-state index is -0.895. The van der Waals surface area contributed by atoms with Gasteiger partial charge in [0.05, 0.1) is 0 Å². The summed E-state index contributed by atoms with van der Waals surface area (Å²) in [4.78, 5) is 22.6. The standard InChI is InChI=1S/C25H32O3/c1-18(10-7-8-11-20(3)17-26)12-9-13-19(2)14-15-22-21(4)24(28)23(27)16-25(22,5)6/h7-15,17,23,27H,16H2,1-6H3/b8-7+,12-9+,15-14+,18-10-,19-13-,20-11-. The van der Waals surface area contributed by atoms with Crippen LogP contribution in [0.1, 0.15) is 48.0 Å². The average Bonchev–Trinajstić information content (AvgIpc) is 2.62. The molecule has 0 saturated heterocycles. The van der Waals surface area contributed by atoms with Crippen molar-refractivity contribution in [3.63, 3.8) is 0 Å². The predicted octanol–water partition coefficient (Wildman–Crippen LogP) is 5.37. The van der Waals surface area contributed by atoms with Gasteiger partial charge in [-0.05, 0) is 56.3 Å². The monoisotopic (exact) mass is 380 g/mol. The number of Topliss-reactive ketones (excluding diaryl/α,β-unsaturated/α-hetero) is 1. The summed E-state index contributed by atoms with van der Waals surface area (Å²) in [6.45, 7) is 11.7. The molecule has 0 fully saturated rings. The summed E-state index contributed by atoms with van der Waals surface area (Å²) in [5, 5.41) is 9.91. The second-order valence-corrected chi connectivity index (χ2v) is 7.93. The van der Waals surface area contributed by atoms with Crippen molar-refractivity contribution < 1.29 is 14.7 Å². The first kappa shape index (κ1) is 23.5. The summed E-state index contributed by atoms with van der Waals surface area (Å²) in [6, 6.07) is 0. The van der Waals surface area contributed by atoms with Crippen molar-refractivity contribution >= 4 is 12.1 Å². The van der Waals surface area contributed by atoms with E-state index in [1.54, 1.807) is 19.9 Å². The van der Waals surface area contributed by atoms with Crippen LogP contribution in [0, 0.1) is 5.41 Å². The molecule has 1 unspecified atom stereocenters. The van der Waals surface area contributed by atoms with Gasteiger partial charge < -0.3 is 5.11 Å². The number of ketones is 1. The minimum absolute atomic E-state index is 0.174. The van der Waals surface area contributed by atoms with E-state index in [0.717, 1.165) is 23.0 Å². The van der Waals surface area contributed by atoms with Gasteiger partial charge in [0.1, 0.15) is 12.4 Å². The van der Waals surface area contributed by atoms with Crippen molar-refractivity contribution in [3.8, 4) is 0 Å². The van der Waals surface area contributed by atoms with E-state index in [9.17, 15) is 14.7 Å². The summed E-state index contributed by atoms with van der Waals surface area (Å²) < 4.78 is 0. The Morgan fingerprint density at radius 3 is 2.11 bits per heavy atom. The first-order chi connectivity index (χ1) is 13.1. The average molecular weight is 381 g/mol. The second kappa shape index (κ2) is 10.7. The molecule has 1 rings (SSSR count). The molecule has 0 bridgehead atoms. The fraction of sp³-hybridized carbons (Fsp3) is 0.360. The fourth-order valence-corrected chi connectivity index (χ4v) is 3.06. The molecular formula is C25H32O3. The molecule has 0 amide bonds. The summed E-state index contributed by atoms with van der Waals surface area (Å²) in [6.07, 6.45) is 17.8. The molecular weight excluding hydrogens is 348 g/mol. The van der Waals surface area contributed by atoms with Crippen LogP contribution in [0.3, 0.4) is 0 Å². The van der Waals surface area contributed by atoms with Crippen LogP contribution in [0.4, 0.5) is 0 Å². The van der Waals surface area contributed by atoms with Gasteiger partial charge in [0, 0.05) is 0 Å². The van der Waals surface area contributed by atoms with Crippen LogP contribution in [-0.2, 0) is 9.59 Å². The van der Waals surface area contributed by atoms with E-state index in [1.165, 1.54) is 0 Å². The highest BCUT2D eigenvalue weighted by Gasteiger charge is 2.36. The van der Waals surface area contributed by atoms with Gasteiger partial charge >= 0.3 is 0 Å². The zero-order valence-electron chi connectivity index (χ0n) is 17.8. The summed E-state index contributed by atoms with van der Waals surface area (Å²) >= 11 is 0. The topological polar surface area (TPSA) is 54.4 Å². The summed E-state index contributed by atoms with van der Waals surface area (Å²) in [5.74, 6) is -0.174. The second-order valence-electron chi connectivity index (χ2n) is 7.93. The molecule has 1 aliphatic rings. The lowest BCUT2D eigenvalue weighted by atomic mass is 9.71. The zero-order valence-corrected chi connectivity index (χ0v) is 17.8. The molecule has 0 spiro atoms. The number of allylic oxidation sites excluding steroid dienone is 13. The SMILES string of the molecule is CC1=C(/C=C/C(C)=C\C=C\C(C)=C/C=C/C=C(/C)C=O)C(C)(C)CC(O)C1=O. The van der Waals surface area contributed by atoms with E-state index in [4.69, 9.17) is 0 Å². The first-order valence-electron chi connectivity index (χ1n) is 9.52. The molecule has 0 saturated carbocycles. The van der Waals surface area contributed by atoms with Crippen LogP contribution in [0.15, 0.2) is 82.5 Å². The van der Waals surface area contributed by atoms with Crippen LogP contribution >= 0.6 is 0 Å². The lowest BCUT2D eigenvalue weighted by Crippen LogP contribution is -2.35. The van der Waals surface area contributed by atoms with E-state index >= 15 is 0 Å². The Bertz CT molecular complexity index is 809. The van der Waals surface area contributed by atoms with Crippen molar-refractivity contribution in [2.45, 2.75) is 54.1 Å². The Balaban J connectivity index is 2.83. The third-order valence-corrected chi connectivity index (χ3v) is 4.76. The van der Waals surface area contributed by atoms with Crippen LogP contribution in [0.2, 0.25) is 0 Å². The molecule has 0 radical (unpaired) electrons. The van der Waals surface area contributed by atoms with Gasteiger partial charge in [-0.15, -0.1) is 0 Å². The Kier molecular flexibility index (Phi) is 9.01. The van der Waals surface area contributed by atoms with Crippen molar-refractivity contribution in [1.29, 1.82) is 0 Å². The third-order valence-electron chi connectivity index (χ3n) is 4.76. The maximum Gasteiger partial charge on any atom is 0.187 e. The Morgan fingerprint density at radius 1 is 0.964 bits per heavy atom. The van der Waals surface area contributed by atoms with Crippen LogP contribution < -0.4 is 0 Å². The van der Waals surface area contributed by atoms with Crippen LogP contribution in [0.25, 0.3) is 0 Å². The van der Waals surface area contributed by atoms with Gasteiger partial charge in [0.25, 0.3) is 0 Å².